The first-order valence-corrected chi connectivity index (χ1v) is 11.6. The van der Waals surface area contributed by atoms with Crippen LogP contribution >= 0.6 is 0 Å². The van der Waals surface area contributed by atoms with Crippen molar-refractivity contribution in [1.29, 1.82) is 5.41 Å². The van der Waals surface area contributed by atoms with Crippen molar-refractivity contribution in [3.05, 3.63) is 47.1 Å². The zero-order valence-corrected chi connectivity index (χ0v) is 19.9. The standard InChI is InChI=1S/C23H25N13/c1-12-7-18(25)35-22(29-12)16(10-27-35)31-15-9-14(24)21(34-5-3-4-6-34)33-20(15)32-17-11-28-36-19(26)8-13(2)30-23(17)36/h7-11,26,31H,3-6,24-25H2,1-2H3. The Kier molecular flexibility index (Phi) is 4.91. The Morgan fingerprint density at radius 1 is 1.00 bits per heavy atom. The average molecular weight is 484 g/mol. The third kappa shape index (κ3) is 3.61. The Morgan fingerprint density at radius 2 is 1.78 bits per heavy atom. The summed E-state index contributed by atoms with van der Waals surface area (Å²) in [6.45, 7) is 5.48. The predicted molar refractivity (Wildman–Crippen MR) is 138 cm³/mol. The van der Waals surface area contributed by atoms with E-state index in [1.165, 1.54) is 4.68 Å². The number of fused-ring (bicyclic) bond motifs is 2. The van der Waals surface area contributed by atoms with Crippen molar-refractivity contribution >= 4 is 52.1 Å². The molecule has 2 aliphatic rings. The van der Waals surface area contributed by atoms with E-state index in [1.54, 1.807) is 29.1 Å². The second-order valence-electron chi connectivity index (χ2n) is 8.87. The number of nitrogen functional groups attached to an aromatic ring is 2. The lowest BCUT2D eigenvalue weighted by atomic mass is 10.3. The van der Waals surface area contributed by atoms with Crippen molar-refractivity contribution in [1.82, 2.24) is 29.2 Å². The van der Waals surface area contributed by atoms with Gasteiger partial charge in [-0.25, -0.2) is 19.9 Å². The largest absolute Gasteiger partial charge is 0.396 e. The van der Waals surface area contributed by atoms with Gasteiger partial charge in [0.1, 0.15) is 22.7 Å². The summed E-state index contributed by atoms with van der Waals surface area (Å²) in [6, 6.07) is 5.23. The second kappa shape index (κ2) is 8.15. The van der Waals surface area contributed by atoms with Gasteiger partial charge in [0.15, 0.2) is 23.1 Å². The van der Waals surface area contributed by atoms with E-state index < -0.39 is 0 Å². The minimum atomic E-state index is 0.228. The molecule has 13 nitrogen and oxygen atoms in total. The van der Waals surface area contributed by atoms with Crippen LogP contribution in [0.5, 0.6) is 0 Å². The number of aromatic nitrogens is 6. The molecule has 0 saturated carbocycles. The van der Waals surface area contributed by atoms with E-state index >= 15 is 0 Å². The number of pyridine rings is 1. The minimum Gasteiger partial charge on any atom is -0.396 e. The molecule has 36 heavy (non-hydrogen) atoms. The van der Waals surface area contributed by atoms with Gasteiger partial charge in [-0.3, -0.25) is 5.41 Å². The molecule has 0 amide bonds. The van der Waals surface area contributed by atoms with Crippen molar-refractivity contribution in [3.8, 4) is 0 Å². The molecule has 6 rings (SSSR count). The Hall–Kier alpha value is -4.81. The van der Waals surface area contributed by atoms with Gasteiger partial charge in [-0.15, -0.1) is 0 Å². The number of aliphatic imine (C=N–C) groups is 1. The van der Waals surface area contributed by atoms with Crippen LogP contribution in [0.3, 0.4) is 0 Å². The number of nitrogens with one attached hydrogen (secondary N) is 2. The number of hydrogen-bond acceptors (Lipinski definition) is 11. The highest BCUT2D eigenvalue weighted by molar-refractivity contribution is 6.39. The van der Waals surface area contributed by atoms with Crippen LogP contribution in [0.25, 0.3) is 5.65 Å². The van der Waals surface area contributed by atoms with Crippen molar-refractivity contribution in [2.24, 2.45) is 10.1 Å². The molecule has 4 aromatic rings. The molecule has 182 valence electrons. The second-order valence-corrected chi connectivity index (χ2v) is 8.87. The van der Waals surface area contributed by atoms with Gasteiger partial charge in [0, 0.05) is 36.6 Å². The Morgan fingerprint density at radius 3 is 2.58 bits per heavy atom. The normalized spacial score (nSPS) is 15.8. The maximum Gasteiger partial charge on any atom is 0.183 e. The quantitative estimate of drug-likeness (QED) is 0.340. The van der Waals surface area contributed by atoms with E-state index in [0.29, 0.717) is 57.4 Å². The summed E-state index contributed by atoms with van der Waals surface area (Å²) in [5.41, 5.74) is 17.1. The molecule has 0 spiro atoms. The Bertz CT molecular complexity index is 1640. The molecule has 0 atom stereocenters. The summed E-state index contributed by atoms with van der Waals surface area (Å²) in [4.78, 5) is 21.0. The highest BCUT2D eigenvalue weighted by atomic mass is 15.4. The first-order valence-electron chi connectivity index (χ1n) is 11.6. The zero-order chi connectivity index (χ0) is 25.0. The summed E-state index contributed by atoms with van der Waals surface area (Å²) in [7, 11) is 0. The van der Waals surface area contributed by atoms with Gasteiger partial charge >= 0.3 is 0 Å². The third-order valence-corrected chi connectivity index (χ3v) is 6.12. The molecule has 6 heterocycles. The topological polar surface area (TPSA) is 177 Å². The fraction of sp³-hybridized carbons (Fsp3) is 0.261. The number of anilines is 5. The summed E-state index contributed by atoms with van der Waals surface area (Å²) < 4.78 is 3.01. The van der Waals surface area contributed by atoms with E-state index in [-0.39, 0.29) is 5.49 Å². The van der Waals surface area contributed by atoms with Gasteiger partial charge in [-0.1, -0.05) is 0 Å². The first-order chi connectivity index (χ1) is 17.4. The highest BCUT2D eigenvalue weighted by Crippen LogP contribution is 2.36. The first kappa shape index (κ1) is 21.7. The third-order valence-electron chi connectivity index (χ3n) is 6.12. The molecule has 1 saturated heterocycles. The van der Waals surface area contributed by atoms with E-state index in [2.05, 4.69) is 30.4 Å². The van der Waals surface area contributed by atoms with Gasteiger partial charge in [-0.2, -0.15) is 19.4 Å². The molecule has 6 N–H and O–H groups in total. The van der Waals surface area contributed by atoms with Crippen molar-refractivity contribution in [2.75, 3.05) is 34.8 Å². The monoisotopic (exact) mass is 483 g/mol. The predicted octanol–water partition coefficient (Wildman–Crippen LogP) is 1.89. The smallest absolute Gasteiger partial charge is 0.183 e. The lowest BCUT2D eigenvalue weighted by Gasteiger charge is -2.20. The number of rotatable bonds is 4. The van der Waals surface area contributed by atoms with Crippen LogP contribution in [0.2, 0.25) is 0 Å². The average Bonchev–Trinajstić information content (AvgIpc) is 3.57. The summed E-state index contributed by atoms with van der Waals surface area (Å²) in [6.07, 6.45) is 5.41. The van der Waals surface area contributed by atoms with E-state index in [9.17, 15) is 0 Å². The molecule has 0 bridgehead atoms. The molecular weight excluding hydrogens is 458 g/mol. The molecule has 0 aliphatic carbocycles. The van der Waals surface area contributed by atoms with Crippen LogP contribution < -0.4 is 27.2 Å². The summed E-state index contributed by atoms with van der Waals surface area (Å²) in [5, 5.41) is 20.2. The number of aryl methyl sites for hydroxylation is 2. The molecule has 2 aliphatic heterocycles. The number of nitrogens with two attached hydrogens (primary N) is 2. The molecule has 4 aromatic heterocycles. The fourth-order valence-electron chi connectivity index (χ4n) is 4.48. The van der Waals surface area contributed by atoms with Crippen LogP contribution in [-0.4, -0.2) is 54.3 Å². The molecule has 13 heteroatoms. The number of nitrogens with zero attached hydrogens (tertiary/aromatic N) is 9. The lowest BCUT2D eigenvalue weighted by Crippen LogP contribution is -2.21. The van der Waals surface area contributed by atoms with Crippen molar-refractivity contribution in [2.45, 2.75) is 26.7 Å². The highest BCUT2D eigenvalue weighted by Gasteiger charge is 2.22. The van der Waals surface area contributed by atoms with Gasteiger partial charge < -0.3 is 21.7 Å². The van der Waals surface area contributed by atoms with Crippen molar-refractivity contribution < 1.29 is 0 Å². The van der Waals surface area contributed by atoms with Crippen LogP contribution in [-0.2, 0) is 0 Å². The van der Waals surface area contributed by atoms with Crippen LogP contribution in [0.4, 0.5) is 34.5 Å². The van der Waals surface area contributed by atoms with Gasteiger partial charge in [0.25, 0.3) is 0 Å². The molecule has 0 aromatic carbocycles. The van der Waals surface area contributed by atoms with E-state index in [4.69, 9.17) is 26.9 Å². The molecule has 1 fully saturated rings. The van der Waals surface area contributed by atoms with Crippen LogP contribution in [0, 0.1) is 19.3 Å². The van der Waals surface area contributed by atoms with Crippen LogP contribution in [0.15, 0.2) is 34.5 Å². The van der Waals surface area contributed by atoms with E-state index in [1.807, 2.05) is 19.9 Å². The van der Waals surface area contributed by atoms with Gasteiger partial charge in [-0.05, 0) is 32.8 Å². The maximum atomic E-state index is 8.20. The molecule has 0 radical (unpaired) electrons. The molecule has 0 unspecified atom stereocenters. The van der Waals surface area contributed by atoms with Gasteiger partial charge in [0.2, 0.25) is 0 Å². The lowest BCUT2D eigenvalue weighted by molar-refractivity contribution is 0.760. The van der Waals surface area contributed by atoms with E-state index in [0.717, 1.165) is 31.6 Å². The zero-order valence-electron chi connectivity index (χ0n) is 19.9. The SMILES string of the molecule is Cc1cc(=N)n2c(n1)C(=Nc1nc(N3CCCC3)c(N)cc1Nc1cnn3c(N)cc(C)nc13)C=N2. The van der Waals surface area contributed by atoms with Gasteiger partial charge in [0.05, 0.1) is 23.8 Å². The number of hydrogen-bond donors (Lipinski definition) is 4. The minimum absolute atomic E-state index is 0.228. The van der Waals surface area contributed by atoms with Crippen molar-refractivity contribution in [3.63, 3.8) is 0 Å². The maximum absolute atomic E-state index is 8.20. The summed E-state index contributed by atoms with van der Waals surface area (Å²) in [5.74, 6) is 2.07. The summed E-state index contributed by atoms with van der Waals surface area (Å²) >= 11 is 0. The van der Waals surface area contributed by atoms with Crippen LogP contribution in [0.1, 0.15) is 30.1 Å². The fourth-order valence-corrected chi connectivity index (χ4v) is 4.48. The Balaban J connectivity index is 1.49. The Labute approximate surface area is 205 Å². The molecular formula is C23H25N13.